The maximum atomic E-state index is 11.9. The number of pyridine rings is 1. The van der Waals surface area contributed by atoms with Gasteiger partial charge in [-0.05, 0) is 38.8 Å². The number of amides is 2. The van der Waals surface area contributed by atoms with Crippen molar-refractivity contribution in [3.8, 4) is 0 Å². The third-order valence-electron chi connectivity index (χ3n) is 4.26. The summed E-state index contributed by atoms with van der Waals surface area (Å²) in [5.74, 6) is 0.905. The Balaban J connectivity index is 1.49. The lowest BCUT2D eigenvalue weighted by Crippen LogP contribution is -2.45. The van der Waals surface area contributed by atoms with Crippen LogP contribution < -0.4 is 15.5 Å². The van der Waals surface area contributed by atoms with E-state index < -0.39 is 0 Å². The van der Waals surface area contributed by atoms with Crippen LogP contribution in [-0.4, -0.2) is 55.6 Å². The van der Waals surface area contributed by atoms with Crippen molar-refractivity contribution in [3.63, 3.8) is 0 Å². The summed E-state index contributed by atoms with van der Waals surface area (Å²) in [5, 5.41) is 5.64. The van der Waals surface area contributed by atoms with Crippen LogP contribution >= 0.6 is 0 Å². The van der Waals surface area contributed by atoms with Crippen LogP contribution in [-0.2, 0) is 9.47 Å². The van der Waals surface area contributed by atoms with E-state index in [1.54, 1.807) is 6.20 Å². The van der Waals surface area contributed by atoms with Crippen LogP contribution in [0.3, 0.4) is 0 Å². The third-order valence-corrected chi connectivity index (χ3v) is 4.26. The normalized spacial score (nSPS) is 27.1. The Morgan fingerprint density at radius 3 is 2.75 bits per heavy atom. The molecular weight excluding hydrogens is 308 g/mol. The van der Waals surface area contributed by atoms with Gasteiger partial charge in [-0.15, -0.1) is 0 Å². The average molecular weight is 334 g/mol. The minimum Gasteiger partial charge on any atom is -0.376 e. The number of anilines is 2. The van der Waals surface area contributed by atoms with E-state index in [4.69, 9.17) is 9.47 Å². The van der Waals surface area contributed by atoms with Crippen molar-refractivity contribution in [2.45, 2.75) is 45.0 Å². The summed E-state index contributed by atoms with van der Waals surface area (Å²) in [6.07, 6.45) is 4.28. The highest BCUT2D eigenvalue weighted by atomic mass is 16.5. The van der Waals surface area contributed by atoms with Crippen LogP contribution in [0.15, 0.2) is 18.3 Å². The summed E-state index contributed by atoms with van der Waals surface area (Å²) in [7, 11) is 0. The molecule has 0 aliphatic carbocycles. The Bertz CT molecular complexity index is 535. The maximum Gasteiger partial charge on any atom is 0.319 e. The van der Waals surface area contributed by atoms with Gasteiger partial charge >= 0.3 is 6.03 Å². The third kappa shape index (κ3) is 4.58. The van der Waals surface area contributed by atoms with Gasteiger partial charge in [0.25, 0.3) is 0 Å². The van der Waals surface area contributed by atoms with E-state index >= 15 is 0 Å². The van der Waals surface area contributed by atoms with Crippen LogP contribution in [0, 0.1) is 0 Å². The van der Waals surface area contributed by atoms with Gasteiger partial charge in [0.05, 0.1) is 30.2 Å². The molecule has 1 aromatic heterocycles. The second-order valence-corrected chi connectivity index (χ2v) is 6.54. The smallest absolute Gasteiger partial charge is 0.319 e. The maximum absolute atomic E-state index is 11.9. The number of nitrogens with zero attached hydrogens (tertiary/aromatic N) is 2. The van der Waals surface area contributed by atoms with Crippen LogP contribution in [0.5, 0.6) is 0 Å². The number of morpholine rings is 1. The Morgan fingerprint density at radius 2 is 2.12 bits per heavy atom. The Kier molecular flexibility index (Phi) is 5.52. The first-order valence-corrected chi connectivity index (χ1v) is 8.63. The molecule has 3 rings (SSSR count). The summed E-state index contributed by atoms with van der Waals surface area (Å²) in [6, 6.07) is 3.58. The number of aromatic nitrogens is 1. The fourth-order valence-electron chi connectivity index (χ4n) is 3.20. The molecule has 2 fully saturated rings. The highest BCUT2D eigenvalue weighted by Crippen LogP contribution is 2.19. The number of ether oxygens (including phenoxy) is 2. The molecule has 132 valence electrons. The van der Waals surface area contributed by atoms with Gasteiger partial charge in [-0.1, -0.05) is 0 Å². The van der Waals surface area contributed by atoms with E-state index in [2.05, 4.69) is 34.4 Å². The van der Waals surface area contributed by atoms with Crippen LogP contribution in [0.25, 0.3) is 0 Å². The topological polar surface area (TPSA) is 75.7 Å². The lowest BCUT2D eigenvalue weighted by atomic mass is 10.2. The SMILES string of the molecule is CC1CN(c2ccc(NC(=O)NCC3CCCO3)cn2)CC(C)O1. The van der Waals surface area contributed by atoms with Gasteiger partial charge in [0.15, 0.2) is 0 Å². The van der Waals surface area contributed by atoms with Crippen molar-refractivity contribution in [1.82, 2.24) is 10.3 Å². The molecule has 7 heteroatoms. The van der Waals surface area contributed by atoms with Gasteiger partial charge in [-0.25, -0.2) is 9.78 Å². The molecule has 0 radical (unpaired) electrons. The predicted molar refractivity (Wildman–Crippen MR) is 92.5 cm³/mol. The fraction of sp³-hybridized carbons (Fsp3) is 0.647. The molecule has 0 spiro atoms. The molecule has 3 heterocycles. The highest BCUT2D eigenvalue weighted by Gasteiger charge is 2.23. The molecule has 2 aliphatic rings. The average Bonchev–Trinajstić information content (AvgIpc) is 3.06. The number of carbonyl (C=O) groups is 1. The quantitative estimate of drug-likeness (QED) is 0.881. The molecule has 3 atom stereocenters. The summed E-state index contributed by atoms with van der Waals surface area (Å²) in [5.41, 5.74) is 0.679. The van der Waals surface area contributed by atoms with E-state index in [0.29, 0.717) is 12.2 Å². The van der Waals surface area contributed by atoms with Gasteiger partial charge in [0.1, 0.15) is 5.82 Å². The molecule has 0 aromatic carbocycles. The zero-order valence-corrected chi connectivity index (χ0v) is 14.3. The summed E-state index contributed by atoms with van der Waals surface area (Å²) in [4.78, 5) is 18.6. The minimum atomic E-state index is -0.228. The van der Waals surface area contributed by atoms with Crippen molar-refractivity contribution >= 4 is 17.5 Å². The van der Waals surface area contributed by atoms with Crippen molar-refractivity contribution < 1.29 is 14.3 Å². The van der Waals surface area contributed by atoms with Gasteiger partial charge in [0.2, 0.25) is 0 Å². The van der Waals surface area contributed by atoms with Crippen LogP contribution in [0.1, 0.15) is 26.7 Å². The number of rotatable bonds is 4. The lowest BCUT2D eigenvalue weighted by molar-refractivity contribution is -0.00545. The molecule has 2 aliphatic heterocycles. The van der Waals surface area contributed by atoms with E-state index in [0.717, 1.165) is 38.4 Å². The van der Waals surface area contributed by atoms with E-state index in [1.807, 2.05) is 12.1 Å². The first-order valence-electron chi connectivity index (χ1n) is 8.63. The van der Waals surface area contributed by atoms with E-state index in [1.165, 1.54) is 0 Å². The number of carbonyl (C=O) groups excluding carboxylic acids is 1. The molecular formula is C17H26N4O3. The van der Waals surface area contributed by atoms with Gasteiger partial charge in [-0.3, -0.25) is 0 Å². The van der Waals surface area contributed by atoms with Crippen LogP contribution in [0.2, 0.25) is 0 Å². The standard InChI is InChI=1S/C17H26N4O3/c1-12-10-21(11-13(2)24-12)16-6-5-14(8-18-16)20-17(22)19-9-15-4-3-7-23-15/h5-6,8,12-13,15H,3-4,7,9-11H2,1-2H3,(H2,19,20,22). The second-order valence-electron chi connectivity index (χ2n) is 6.54. The van der Waals surface area contributed by atoms with E-state index in [9.17, 15) is 4.79 Å². The van der Waals surface area contributed by atoms with Crippen LogP contribution in [0.4, 0.5) is 16.3 Å². The minimum absolute atomic E-state index is 0.140. The zero-order valence-electron chi connectivity index (χ0n) is 14.3. The Morgan fingerprint density at radius 1 is 1.33 bits per heavy atom. The number of nitrogens with one attached hydrogen (secondary N) is 2. The lowest BCUT2D eigenvalue weighted by Gasteiger charge is -2.36. The summed E-state index contributed by atoms with van der Waals surface area (Å²) in [6.45, 7) is 7.12. The molecule has 24 heavy (non-hydrogen) atoms. The van der Waals surface area contributed by atoms with Gasteiger partial charge in [0, 0.05) is 26.2 Å². The van der Waals surface area contributed by atoms with Crippen molar-refractivity contribution in [3.05, 3.63) is 18.3 Å². The molecule has 1 aromatic rings. The summed E-state index contributed by atoms with van der Waals surface area (Å²) >= 11 is 0. The first kappa shape index (κ1) is 17.0. The van der Waals surface area contributed by atoms with Gasteiger partial charge < -0.3 is 25.0 Å². The fourth-order valence-corrected chi connectivity index (χ4v) is 3.20. The number of hydrogen-bond acceptors (Lipinski definition) is 5. The largest absolute Gasteiger partial charge is 0.376 e. The molecule has 3 unspecified atom stereocenters. The van der Waals surface area contributed by atoms with Gasteiger partial charge in [-0.2, -0.15) is 0 Å². The zero-order chi connectivity index (χ0) is 16.9. The molecule has 0 bridgehead atoms. The Hall–Kier alpha value is -1.86. The van der Waals surface area contributed by atoms with Crippen molar-refractivity contribution in [2.75, 3.05) is 36.5 Å². The molecule has 2 saturated heterocycles. The second kappa shape index (κ2) is 7.81. The number of urea groups is 1. The van der Waals surface area contributed by atoms with E-state index in [-0.39, 0.29) is 24.3 Å². The molecule has 2 amide bonds. The van der Waals surface area contributed by atoms with Crippen molar-refractivity contribution in [1.29, 1.82) is 0 Å². The molecule has 2 N–H and O–H groups in total. The van der Waals surface area contributed by atoms with Crippen molar-refractivity contribution in [2.24, 2.45) is 0 Å². The first-order chi connectivity index (χ1) is 11.6. The predicted octanol–water partition coefficient (Wildman–Crippen LogP) is 2.00. The Labute approximate surface area is 142 Å². The monoisotopic (exact) mass is 334 g/mol. The molecule has 0 saturated carbocycles. The molecule has 7 nitrogen and oxygen atoms in total. The highest BCUT2D eigenvalue weighted by molar-refractivity contribution is 5.89. The summed E-state index contributed by atoms with van der Waals surface area (Å²) < 4.78 is 11.2. The number of hydrogen-bond donors (Lipinski definition) is 2.